The van der Waals surface area contributed by atoms with Crippen LogP contribution in [-0.2, 0) is 0 Å². The first-order valence-electron chi connectivity index (χ1n) is 22.7. The summed E-state index contributed by atoms with van der Waals surface area (Å²) in [5.41, 5.74) is 10.7. The predicted octanol–water partition coefficient (Wildman–Crippen LogP) is 17.5. The first-order valence-corrected chi connectivity index (χ1v) is 22.7. The van der Waals surface area contributed by atoms with Crippen LogP contribution in [-0.4, -0.2) is 9.97 Å². The second-order valence-corrected chi connectivity index (χ2v) is 17.6. The smallest absolute Gasteiger partial charge is 0.0794 e. The van der Waals surface area contributed by atoms with E-state index >= 15 is 0 Å². The van der Waals surface area contributed by atoms with Gasteiger partial charge in [0.15, 0.2) is 0 Å². The second kappa shape index (κ2) is 14.4. The monoisotopic (exact) mass is 834 g/mol. The Morgan fingerprint density at radius 1 is 0.212 bits per heavy atom. The number of aromatic nitrogens is 2. The fourth-order valence-electron chi connectivity index (χ4n) is 10.9. The summed E-state index contributed by atoms with van der Waals surface area (Å²) in [5.74, 6) is 0. The molecule has 0 aliphatic heterocycles. The van der Waals surface area contributed by atoms with Crippen molar-refractivity contribution >= 4 is 97.2 Å². The Labute approximate surface area is 380 Å². The number of fused-ring (bicyclic) bond motifs is 16. The summed E-state index contributed by atoms with van der Waals surface area (Å²) >= 11 is 0. The van der Waals surface area contributed by atoms with Gasteiger partial charge in [0, 0.05) is 27.3 Å². The number of hydrogen-bond donors (Lipinski definition) is 0. The molecular formula is C64H38N2. The summed E-state index contributed by atoms with van der Waals surface area (Å²) in [6.07, 6.45) is 0. The van der Waals surface area contributed by atoms with Crippen LogP contribution in [0, 0.1) is 0 Å². The molecule has 12 aromatic carbocycles. The van der Waals surface area contributed by atoms with Gasteiger partial charge < -0.3 is 0 Å². The van der Waals surface area contributed by atoms with Gasteiger partial charge in [-0.2, -0.15) is 0 Å². The molecule has 0 aliphatic carbocycles. The topological polar surface area (TPSA) is 25.8 Å². The van der Waals surface area contributed by atoms with Crippen molar-refractivity contribution in [3.8, 4) is 44.8 Å². The largest absolute Gasteiger partial charge is 0.248 e. The van der Waals surface area contributed by atoms with Crippen LogP contribution in [0.5, 0.6) is 0 Å². The number of benzene rings is 12. The number of nitrogens with zero attached hydrogens (tertiary/aromatic N) is 2. The number of para-hydroxylation sites is 1. The summed E-state index contributed by atoms with van der Waals surface area (Å²) in [6.45, 7) is 0. The third-order valence-electron chi connectivity index (χ3n) is 14.0. The maximum absolute atomic E-state index is 5.65. The van der Waals surface area contributed by atoms with E-state index in [1.54, 1.807) is 0 Å². The molecule has 0 atom stereocenters. The zero-order valence-electron chi connectivity index (χ0n) is 35.8. The van der Waals surface area contributed by atoms with Gasteiger partial charge in [-0.15, -0.1) is 0 Å². The molecular weight excluding hydrogens is 797 g/mol. The van der Waals surface area contributed by atoms with Crippen molar-refractivity contribution in [2.45, 2.75) is 0 Å². The summed E-state index contributed by atoms with van der Waals surface area (Å²) in [6, 6.07) is 84.2. The molecule has 2 aromatic heterocycles. The standard InChI is InChI=1S/C64H38N2/c1-12-24-61-40(13-1)31-34-62(65-61)41-27-25-39(26-28-41)57-38-63(43-30-33-54-49-19-5-3-15-45(49)47-17-7-9-21-51(47)59(54)36-43)66-64-55-23-11-10-22-52(55)56(37-60(57)64)42-29-32-53-48-18-4-2-14-44(48)46-16-6-8-20-50(46)58(53)35-42/h1-38H. The first-order chi connectivity index (χ1) is 32.7. The molecule has 0 fully saturated rings. The quantitative estimate of drug-likeness (QED) is 0.165. The maximum atomic E-state index is 5.65. The molecule has 0 unspecified atom stereocenters. The Morgan fingerprint density at radius 2 is 0.636 bits per heavy atom. The highest BCUT2D eigenvalue weighted by Gasteiger charge is 2.19. The predicted molar refractivity (Wildman–Crippen MR) is 281 cm³/mol. The average Bonchev–Trinajstić information content (AvgIpc) is 3.40. The molecule has 2 heteroatoms. The molecule has 2 nitrogen and oxygen atoms in total. The molecule has 66 heavy (non-hydrogen) atoms. The lowest BCUT2D eigenvalue weighted by molar-refractivity contribution is 1.39. The van der Waals surface area contributed by atoms with E-state index in [0.717, 1.165) is 60.8 Å². The van der Waals surface area contributed by atoms with Gasteiger partial charge in [-0.1, -0.05) is 194 Å². The second-order valence-electron chi connectivity index (χ2n) is 17.6. The number of pyridine rings is 2. The summed E-state index contributed by atoms with van der Waals surface area (Å²) in [7, 11) is 0. The Morgan fingerprint density at radius 3 is 1.23 bits per heavy atom. The van der Waals surface area contributed by atoms with Crippen LogP contribution in [0.1, 0.15) is 0 Å². The van der Waals surface area contributed by atoms with Crippen LogP contribution in [0.3, 0.4) is 0 Å². The Kier molecular flexibility index (Phi) is 8.02. The molecule has 0 radical (unpaired) electrons. The third-order valence-corrected chi connectivity index (χ3v) is 14.0. The van der Waals surface area contributed by atoms with Crippen molar-refractivity contribution in [2.24, 2.45) is 0 Å². The Balaban J connectivity index is 1.02. The Hall–Kier alpha value is -8.72. The number of rotatable bonds is 4. The van der Waals surface area contributed by atoms with E-state index in [2.05, 4.69) is 231 Å². The van der Waals surface area contributed by atoms with E-state index < -0.39 is 0 Å². The molecule has 14 aromatic rings. The van der Waals surface area contributed by atoms with E-state index in [1.165, 1.54) is 81.1 Å². The number of hydrogen-bond acceptors (Lipinski definition) is 2. The Bertz CT molecular complexity index is 4270. The van der Waals surface area contributed by atoms with Crippen molar-refractivity contribution in [1.82, 2.24) is 9.97 Å². The van der Waals surface area contributed by atoms with Crippen LogP contribution in [0.4, 0.5) is 0 Å². The van der Waals surface area contributed by atoms with Gasteiger partial charge in [0.2, 0.25) is 0 Å². The molecule has 14 rings (SSSR count). The van der Waals surface area contributed by atoms with Crippen LogP contribution in [0.15, 0.2) is 231 Å². The van der Waals surface area contributed by atoms with E-state index in [1.807, 2.05) is 0 Å². The van der Waals surface area contributed by atoms with Gasteiger partial charge in [-0.05, 0) is 129 Å². The average molecular weight is 835 g/mol. The van der Waals surface area contributed by atoms with Crippen molar-refractivity contribution in [2.75, 3.05) is 0 Å². The van der Waals surface area contributed by atoms with Crippen molar-refractivity contribution in [1.29, 1.82) is 0 Å². The molecule has 0 saturated heterocycles. The lowest BCUT2D eigenvalue weighted by Crippen LogP contribution is -1.94. The summed E-state index contributed by atoms with van der Waals surface area (Å²) < 4.78 is 0. The van der Waals surface area contributed by atoms with E-state index in [4.69, 9.17) is 9.97 Å². The van der Waals surface area contributed by atoms with Crippen LogP contribution in [0.25, 0.3) is 142 Å². The van der Waals surface area contributed by atoms with Gasteiger partial charge >= 0.3 is 0 Å². The minimum Gasteiger partial charge on any atom is -0.248 e. The normalized spacial score (nSPS) is 11.9. The molecule has 0 aliphatic rings. The van der Waals surface area contributed by atoms with Crippen LogP contribution >= 0.6 is 0 Å². The van der Waals surface area contributed by atoms with E-state index in [-0.39, 0.29) is 0 Å². The molecule has 0 N–H and O–H groups in total. The fourth-order valence-corrected chi connectivity index (χ4v) is 10.9. The van der Waals surface area contributed by atoms with Gasteiger partial charge in [-0.25, -0.2) is 9.97 Å². The van der Waals surface area contributed by atoms with Crippen molar-refractivity contribution < 1.29 is 0 Å². The summed E-state index contributed by atoms with van der Waals surface area (Å²) in [4.78, 5) is 10.7. The van der Waals surface area contributed by atoms with E-state index in [0.29, 0.717) is 0 Å². The molecule has 2 heterocycles. The highest BCUT2D eigenvalue weighted by molar-refractivity contribution is 6.27. The molecule has 0 amide bonds. The summed E-state index contributed by atoms with van der Waals surface area (Å²) in [5, 5.41) is 19.7. The molecule has 0 saturated carbocycles. The van der Waals surface area contributed by atoms with Gasteiger partial charge in [0.1, 0.15) is 0 Å². The van der Waals surface area contributed by atoms with Gasteiger partial charge in [-0.3, -0.25) is 0 Å². The highest BCUT2D eigenvalue weighted by Crippen LogP contribution is 2.44. The zero-order chi connectivity index (χ0) is 43.3. The molecule has 0 spiro atoms. The fraction of sp³-hybridized carbons (Fsp3) is 0. The van der Waals surface area contributed by atoms with Crippen molar-refractivity contribution in [3.05, 3.63) is 231 Å². The minimum atomic E-state index is 0.943. The lowest BCUT2D eigenvalue weighted by atomic mass is 9.88. The SMILES string of the molecule is c1ccc2nc(-c3ccc(-c4cc(-c5ccc6c7ccccc7c7ccccc7c6c5)nc5c4cc(-c4ccc6c7ccccc7c7ccccc7c6c4)c4ccccc45)cc3)ccc2c1. The highest BCUT2D eigenvalue weighted by atomic mass is 14.7. The lowest BCUT2D eigenvalue weighted by Gasteiger charge is -2.17. The van der Waals surface area contributed by atoms with Crippen LogP contribution in [0.2, 0.25) is 0 Å². The first kappa shape index (κ1) is 36.7. The van der Waals surface area contributed by atoms with E-state index in [9.17, 15) is 0 Å². The minimum absolute atomic E-state index is 0.943. The van der Waals surface area contributed by atoms with Gasteiger partial charge in [0.05, 0.1) is 22.4 Å². The van der Waals surface area contributed by atoms with Crippen molar-refractivity contribution in [3.63, 3.8) is 0 Å². The van der Waals surface area contributed by atoms with Gasteiger partial charge in [0.25, 0.3) is 0 Å². The molecule has 304 valence electrons. The van der Waals surface area contributed by atoms with Crippen LogP contribution < -0.4 is 0 Å². The molecule has 0 bridgehead atoms. The zero-order valence-corrected chi connectivity index (χ0v) is 35.8. The maximum Gasteiger partial charge on any atom is 0.0794 e. The third kappa shape index (κ3) is 5.62.